The molecule has 0 fully saturated rings. The molecule has 0 spiro atoms. The number of hydrogen-bond donors (Lipinski definition) is 1. The lowest BCUT2D eigenvalue weighted by molar-refractivity contribution is 0.159. The van der Waals surface area contributed by atoms with Crippen molar-refractivity contribution in [3.05, 3.63) is 23.8 Å². The fourth-order valence-corrected chi connectivity index (χ4v) is 1.86. The highest BCUT2D eigenvalue weighted by Crippen LogP contribution is 2.33. The average molecular weight is 243 g/mol. The monoisotopic (exact) mass is 242 g/mol. The van der Waals surface area contributed by atoms with Crippen molar-refractivity contribution in [1.29, 1.82) is 0 Å². The van der Waals surface area contributed by atoms with Gasteiger partial charge in [-0.05, 0) is 30.5 Å². The van der Waals surface area contributed by atoms with Crippen LogP contribution in [0.1, 0.15) is 24.5 Å². The Hall–Kier alpha value is -0.930. The molecule has 1 aliphatic heterocycles. The Morgan fingerprint density at radius 2 is 2.00 bits per heavy atom. The van der Waals surface area contributed by atoms with E-state index < -0.39 is 6.10 Å². The van der Waals surface area contributed by atoms with E-state index in [9.17, 15) is 5.11 Å². The standard InChI is InChI=1S/C12H15ClO3/c13-5-1-2-10(14)9-3-4-11-12(8-9)16-7-6-15-11/h3-4,8,10,14H,1-2,5-7H2. The molecular weight excluding hydrogens is 228 g/mol. The van der Waals surface area contributed by atoms with Gasteiger partial charge in [0.2, 0.25) is 0 Å². The van der Waals surface area contributed by atoms with E-state index in [-0.39, 0.29) is 0 Å². The predicted molar refractivity (Wildman–Crippen MR) is 62.3 cm³/mol. The van der Waals surface area contributed by atoms with E-state index in [1.807, 2.05) is 18.2 Å². The predicted octanol–water partition coefficient (Wildman–Crippen LogP) is 2.51. The van der Waals surface area contributed by atoms with E-state index >= 15 is 0 Å². The summed E-state index contributed by atoms with van der Waals surface area (Å²) in [6, 6.07) is 5.55. The van der Waals surface area contributed by atoms with E-state index in [0.717, 1.165) is 17.7 Å². The molecule has 2 rings (SSSR count). The van der Waals surface area contributed by atoms with Crippen LogP contribution in [0.25, 0.3) is 0 Å². The molecule has 1 aromatic carbocycles. The van der Waals surface area contributed by atoms with Crippen LogP contribution >= 0.6 is 11.6 Å². The summed E-state index contributed by atoms with van der Waals surface area (Å²) in [5.41, 5.74) is 0.856. The van der Waals surface area contributed by atoms with Gasteiger partial charge in [-0.25, -0.2) is 0 Å². The largest absolute Gasteiger partial charge is 0.486 e. The van der Waals surface area contributed by atoms with Gasteiger partial charge in [-0.15, -0.1) is 11.6 Å². The van der Waals surface area contributed by atoms with Crippen LogP contribution in [0, 0.1) is 0 Å². The minimum absolute atomic E-state index is 0.477. The minimum atomic E-state index is -0.477. The zero-order chi connectivity index (χ0) is 11.4. The smallest absolute Gasteiger partial charge is 0.161 e. The highest BCUT2D eigenvalue weighted by molar-refractivity contribution is 6.17. The third-order valence-electron chi connectivity index (χ3n) is 2.56. The number of aliphatic hydroxyl groups is 1. The summed E-state index contributed by atoms with van der Waals surface area (Å²) in [6.07, 6.45) is 0.995. The maximum atomic E-state index is 9.90. The number of ether oxygens (including phenoxy) is 2. The van der Waals surface area contributed by atoms with E-state index in [1.165, 1.54) is 0 Å². The van der Waals surface area contributed by atoms with Crippen molar-refractivity contribution in [3.8, 4) is 11.5 Å². The third-order valence-corrected chi connectivity index (χ3v) is 2.83. The summed E-state index contributed by atoms with van der Waals surface area (Å²) in [5, 5.41) is 9.90. The lowest BCUT2D eigenvalue weighted by Crippen LogP contribution is -2.15. The minimum Gasteiger partial charge on any atom is -0.486 e. The molecule has 16 heavy (non-hydrogen) atoms. The number of halogens is 1. The van der Waals surface area contributed by atoms with Crippen LogP contribution in [0.5, 0.6) is 11.5 Å². The van der Waals surface area contributed by atoms with E-state index in [2.05, 4.69) is 0 Å². The Morgan fingerprint density at radius 3 is 2.75 bits per heavy atom. The molecular formula is C12H15ClO3. The first-order valence-corrected chi connectivity index (χ1v) is 5.98. The maximum Gasteiger partial charge on any atom is 0.161 e. The van der Waals surface area contributed by atoms with Crippen molar-refractivity contribution < 1.29 is 14.6 Å². The van der Waals surface area contributed by atoms with Gasteiger partial charge in [0.25, 0.3) is 0 Å². The number of benzene rings is 1. The molecule has 1 unspecified atom stereocenters. The molecule has 1 heterocycles. The summed E-state index contributed by atoms with van der Waals surface area (Å²) in [4.78, 5) is 0. The first-order valence-electron chi connectivity index (χ1n) is 5.45. The van der Waals surface area contributed by atoms with Crippen molar-refractivity contribution in [2.45, 2.75) is 18.9 Å². The Balaban J connectivity index is 2.10. The van der Waals surface area contributed by atoms with Crippen molar-refractivity contribution in [1.82, 2.24) is 0 Å². The average Bonchev–Trinajstić information content (AvgIpc) is 2.35. The van der Waals surface area contributed by atoms with Crippen LogP contribution in [-0.2, 0) is 0 Å². The lowest BCUT2D eigenvalue weighted by Gasteiger charge is -2.20. The zero-order valence-corrected chi connectivity index (χ0v) is 9.74. The van der Waals surface area contributed by atoms with Crippen molar-refractivity contribution in [2.75, 3.05) is 19.1 Å². The molecule has 0 saturated heterocycles. The fourth-order valence-electron chi connectivity index (χ4n) is 1.70. The van der Waals surface area contributed by atoms with Crippen molar-refractivity contribution in [3.63, 3.8) is 0 Å². The highest BCUT2D eigenvalue weighted by atomic mass is 35.5. The number of alkyl halides is 1. The zero-order valence-electron chi connectivity index (χ0n) is 8.99. The molecule has 88 valence electrons. The molecule has 1 atom stereocenters. The van der Waals surface area contributed by atoms with E-state index in [1.54, 1.807) is 0 Å². The van der Waals surface area contributed by atoms with Gasteiger partial charge in [-0.2, -0.15) is 0 Å². The molecule has 1 aliphatic rings. The van der Waals surface area contributed by atoms with Crippen LogP contribution in [-0.4, -0.2) is 24.2 Å². The summed E-state index contributed by atoms with van der Waals surface area (Å²) in [6.45, 7) is 1.15. The third kappa shape index (κ3) is 2.60. The van der Waals surface area contributed by atoms with E-state index in [0.29, 0.717) is 31.3 Å². The molecule has 0 amide bonds. The Kier molecular flexibility index (Phi) is 3.91. The molecule has 0 bridgehead atoms. The number of aliphatic hydroxyl groups excluding tert-OH is 1. The van der Waals surface area contributed by atoms with Gasteiger partial charge < -0.3 is 14.6 Å². The second-order valence-electron chi connectivity index (χ2n) is 3.75. The Morgan fingerprint density at radius 1 is 1.25 bits per heavy atom. The normalized spacial score (nSPS) is 15.9. The Bertz CT molecular complexity index is 354. The van der Waals surface area contributed by atoms with Gasteiger partial charge in [0.05, 0.1) is 6.10 Å². The molecule has 4 heteroatoms. The summed E-state index contributed by atoms with van der Waals surface area (Å²) < 4.78 is 10.9. The molecule has 0 saturated carbocycles. The summed E-state index contributed by atoms with van der Waals surface area (Å²) in [7, 11) is 0. The molecule has 0 aromatic heterocycles. The van der Waals surface area contributed by atoms with Crippen molar-refractivity contribution >= 4 is 11.6 Å². The number of fused-ring (bicyclic) bond motifs is 1. The fraction of sp³-hybridized carbons (Fsp3) is 0.500. The topological polar surface area (TPSA) is 38.7 Å². The van der Waals surface area contributed by atoms with Gasteiger partial charge in [-0.3, -0.25) is 0 Å². The van der Waals surface area contributed by atoms with Crippen LogP contribution in [0.4, 0.5) is 0 Å². The van der Waals surface area contributed by atoms with Crippen LogP contribution in [0.2, 0.25) is 0 Å². The van der Waals surface area contributed by atoms with Gasteiger partial charge in [0, 0.05) is 5.88 Å². The molecule has 0 aliphatic carbocycles. The summed E-state index contributed by atoms with van der Waals surface area (Å²) >= 11 is 5.59. The quantitative estimate of drug-likeness (QED) is 0.825. The van der Waals surface area contributed by atoms with Gasteiger partial charge in [0.1, 0.15) is 13.2 Å². The van der Waals surface area contributed by atoms with Gasteiger partial charge >= 0.3 is 0 Å². The first kappa shape index (κ1) is 11.6. The Labute approximate surface area is 99.9 Å². The maximum absolute atomic E-state index is 9.90. The molecule has 3 nitrogen and oxygen atoms in total. The molecule has 0 radical (unpaired) electrons. The van der Waals surface area contributed by atoms with E-state index in [4.69, 9.17) is 21.1 Å². The number of rotatable bonds is 4. The second-order valence-corrected chi connectivity index (χ2v) is 4.13. The first-order chi connectivity index (χ1) is 7.81. The molecule has 1 aromatic rings. The van der Waals surface area contributed by atoms with Crippen LogP contribution < -0.4 is 9.47 Å². The SMILES string of the molecule is OC(CCCCl)c1ccc2c(c1)OCCO2. The van der Waals surface area contributed by atoms with Gasteiger partial charge in [-0.1, -0.05) is 6.07 Å². The van der Waals surface area contributed by atoms with Crippen molar-refractivity contribution in [2.24, 2.45) is 0 Å². The molecule has 1 N–H and O–H groups in total. The highest BCUT2D eigenvalue weighted by Gasteiger charge is 2.14. The summed E-state index contributed by atoms with van der Waals surface area (Å²) in [5.74, 6) is 2.04. The van der Waals surface area contributed by atoms with Gasteiger partial charge in [0.15, 0.2) is 11.5 Å². The second kappa shape index (κ2) is 5.41. The number of hydrogen-bond acceptors (Lipinski definition) is 3. The van der Waals surface area contributed by atoms with Crippen LogP contribution in [0.15, 0.2) is 18.2 Å². The lowest BCUT2D eigenvalue weighted by atomic mass is 10.0. The van der Waals surface area contributed by atoms with Crippen LogP contribution in [0.3, 0.4) is 0 Å².